The van der Waals surface area contributed by atoms with Gasteiger partial charge in [-0.1, -0.05) is 29.8 Å². The second-order valence-electron chi connectivity index (χ2n) is 6.43. The van der Waals surface area contributed by atoms with Crippen molar-refractivity contribution in [2.24, 2.45) is 0 Å². The van der Waals surface area contributed by atoms with Crippen LogP contribution in [-0.4, -0.2) is 24.8 Å². The average Bonchev–Trinajstić information content (AvgIpc) is 3.02. The third-order valence-corrected chi connectivity index (χ3v) is 4.16. The molecule has 0 saturated heterocycles. The Kier molecular flexibility index (Phi) is 4.79. The molecule has 1 aromatic heterocycles. The molecule has 0 radical (unpaired) electrons. The fraction of sp³-hybridized carbons (Fsp3) is 0.136. The first-order valence-electron chi connectivity index (χ1n) is 8.31. The number of ketones is 1. The van der Waals surface area contributed by atoms with E-state index in [1.807, 2.05) is 50.2 Å². The van der Waals surface area contributed by atoms with Gasteiger partial charge in [0, 0.05) is 37.3 Å². The van der Waals surface area contributed by atoms with Crippen LogP contribution in [0.4, 0.5) is 0 Å². The van der Waals surface area contributed by atoms with Gasteiger partial charge in [-0.15, -0.1) is 0 Å². The number of carbonyl (C=O) groups is 1. The number of carbonyl (C=O) groups excluding carboxylic acids is 1. The van der Waals surface area contributed by atoms with Crippen molar-refractivity contribution in [1.82, 2.24) is 4.90 Å². The molecule has 0 aliphatic heterocycles. The molecular formula is C22H17N3O2. The van der Waals surface area contributed by atoms with Crippen molar-refractivity contribution in [1.29, 1.82) is 10.5 Å². The van der Waals surface area contributed by atoms with E-state index in [0.717, 1.165) is 5.56 Å². The summed E-state index contributed by atoms with van der Waals surface area (Å²) in [7, 11) is 3.73. The predicted octanol–water partition coefficient (Wildman–Crippen LogP) is 4.25. The molecule has 5 heteroatoms. The number of nitrogens with zero attached hydrogens (tertiary/aromatic N) is 3. The lowest BCUT2D eigenvalue weighted by Gasteiger charge is -2.04. The maximum atomic E-state index is 13.2. The Morgan fingerprint density at radius 3 is 2.30 bits per heavy atom. The molecule has 0 N–H and O–H groups in total. The molecule has 0 fully saturated rings. The molecule has 0 aliphatic carbocycles. The fourth-order valence-corrected chi connectivity index (χ4v) is 2.76. The zero-order valence-electron chi connectivity index (χ0n) is 15.3. The number of fused-ring (bicyclic) bond motifs is 1. The molecule has 0 unspecified atom stereocenters. The van der Waals surface area contributed by atoms with E-state index in [-0.39, 0.29) is 16.9 Å². The summed E-state index contributed by atoms with van der Waals surface area (Å²) in [6, 6.07) is 14.3. The second-order valence-corrected chi connectivity index (χ2v) is 6.43. The molecule has 5 nitrogen and oxygen atoms in total. The van der Waals surface area contributed by atoms with Gasteiger partial charge in [-0.2, -0.15) is 10.5 Å². The number of nitriles is 2. The zero-order chi connectivity index (χ0) is 19.6. The molecule has 0 spiro atoms. The van der Waals surface area contributed by atoms with Crippen LogP contribution in [-0.2, 0) is 0 Å². The molecule has 0 atom stereocenters. The molecule has 3 rings (SSSR count). The third kappa shape index (κ3) is 3.44. The number of benzene rings is 2. The van der Waals surface area contributed by atoms with Crippen LogP contribution in [0.2, 0.25) is 0 Å². The lowest BCUT2D eigenvalue weighted by Crippen LogP contribution is -2.03. The van der Waals surface area contributed by atoms with E-state index in [9.17, 15) is 15.3 Å². The molecule has 2 aromatic carbocycles. The largest absolute Gasteiger partial charge is 0.456 e. The monoisotopic (exact) mass is 355 g/mol. The SMILES string of the molecule is Cc1ccc(C(=O)c2c(C=CN(C)C)oc3cc(C#N)c(C#N)cc23)cc1. The Balaban J connectivity index is 2.28. The molecule has 0 bridgehead atoms. The smallest absolute Gasteiger partial charge is 0.197 e. The minimum absolute atomic E-state index is 0.194. The molecule has 0 aliphatic rings. The van der Waals surface area contributed by atoms with E-state index in [4.69, 9.17) is 4.42 Å². The van der Waals surface area contributed by atoms with Crippen molar-refractivity contribution in [3.05, 3.63) is 76.2 Å². The molecule has 0 saturated carbocycles. The van der Waals surface area contributed by atoms with Gasteiger partial charge in [0.25, 0.3) is 0 Å². The summed E-state index contributed by atoms with van der Waals surface area (Å²) in [5.41, 5.74) is 2.81. The number of hydrogen-bond donors (Lipinski definition) is 0. The van der Waals surface area contributed by atoms with Gasteiger partial charge in [0.1, 0.15) is 23.5 Å². The van der Waals surface area contributed by atoms with Gasteiger partial charge in [0.2, 0.25) is 0 Å². The third-order valence-electron chi connectivity index (χ3n) is 4.16. The van der Waals surface area contributed by atoms with E-state index < -0.39 is 0 Å². The number of aryl methyl sites for hydroxylation is 1. The molecule has 27 heavy (non-hydrogen) atoms. The van der Waals surface area contributed by atoms with Gasteiger partial charge < -0.3 is 9.32 Å². The Morgan fingerprint density at radius 1 is 1.07 bits per heavy atom. The van der Waals surface area contributed by atoms with Crippen molar-refractivity contribution in [2.45, 2.75) is 6.92 Å². The normalized spacial score (nSPS) is 10.7. The maximum absolute atomic E-state index is 13.2. The minimum atomic E-state index is -0.194. The van der Waals surface area contributed by atoms with Gasteiger partial charge in [0.05, 0.1) is 16.7 Å². The van der Waals surface area contributed by atoms with E-state index in [2.05, 4.69) is 0 Å². The predicted molar refractivity (Wildman–Crippen MR) is 103 cm³/mol. The first-order chi connectivity index (χ1) is 12.9. The second kappa shape index (κ2) is 7.19. The van der Waals surface area contributed by atoms with Crippen LogP contribution in [0, 0.1) is 29.6 Å². The zero-order valence-corrected chi connectivity index (χ0v) is 15.3. The van der Waals surface area contributed by atoms with Crippen LogP contribution in [0.3, 0.4) is 0 Å². The van der Waals surface area contributed by atoms with E-state index in [0.29, 0.717) is 27.9 Å². The van der Waals surface area contributed by atoms with E-state index >= 15 is 0 Å². The fourth-order valence-electron chi connectivity index (χ4n) is 2.76. The van der Waals surface area contributed by atoms with Crippen molar-refractivity contribution >= 4 is 22.8 Å². The van der Waals surface area contributed by atoms with Gasteiger partial charge >= 0.3 is 0 Å². The summed E-state index contributed by atoms with van der Waals surface area (Å²) < 4.78 is 5.86. The van der Waals surface area contributed by atoms with Crippen LogP contribution in [0.25, 0.3) is 17.0 Å². The number of hydrogen-bond acceptors (Lipinski definition) is 5. The summed E-state index contributed by atoms with van der Waals surface area (Å²) in [4.78, 5) is 15.0. The Hall–Kier alpha value is -3.83. The molecule has 3 aromatic rings. The van der Waals surface area contributed by atoms with Crippen molar-refractivity contribution in [3.63, 3.8) is 0 Å². The highest BCUT2D eigenvalue weighted by Gasteiger charge is 2.22. The lowest BCUT2D eigenvalue weighted by molar-refractivity contribution is 0.103. The van der Waals surface area contributed by atoms with Crippen LogP contribution >= 0.6 is 0 Å². The summed E-state index contributed by atoms with van der Waals surface area (Å²) in [5.74, 6) is 0.198. The summed E-state index contributed by atoms with van der Waals surface area (Å²) in [5, 5.41) is 19.1. The van der Waals surface area contributed by atoms with Crippen molar-refractivity contribution in [2.75, 3.05) is 14.1 Å². The number of furan rings is 1. The Bertz CT molecular complexity index is 1140. The first-order valence-corrected chi connectivity index (χ1v) is 8.31. The first kappa shape index (κ1) is 18.0. The van der Waals surface area contributed by atoms with Gasteiger partial charge in [-0.05, 0) is 19.1 Å². The van der Waals surface area contributed by atoms with E-state index in [1.165, 1.54) is 6.07 Å². The van der Waals surface area contributed by atoms with Crippen LogP contribution < -0.4 is 0 Å². The summed E-state index contributed by atoms with van der Waals surface area (Å²) in [6.07, 6.45) is 3.49. The Labute approximate surface area is 157 Å². The lowest BCUT2D eigenvalue weighted by atomic mass is 9.97. The molecular weight excluding hydrogens is 338 g/mol. The summed E-state index contributed by atoms with van der Waals surface area (Å²) >= 11 is 0. The maximum Gasteiger partial charge on any atom is 0.197 e. The highest BCUT2D eigenvalue weighted by atomic mass is 16.3. The number of rotatable bonds is 4. The molecule has 132 valence electrons. The van der Waals surface area contributed by atoms with Crippen LogP contribution in [0.1, 0.15) is 38.4 Å². The molecule has 1 heterocycles. The topological polar surface area (TPSA) is 81.0 Å². The highest BCUT2D eigenvalue weighted by Crippen LogP contribution is 2.31. The standard InChI is InChI=1S/C22H17N3O2/c1-14-4-6-15(7-5-14)22(26)21-18-10-16(12-23)17(13-24)11-20(18)27-19(21)8-9-25(2)3/h4-11H,1-3H3. The van der Waals surface area contributed by atoms with Gasteiger partial charge in [-0.3, -0.25) is 4.79 Å². The summed E-state index contributed by atoms with van der Waals surface area (Å²) in [6.45, 7) is 1.95. The minimum Gasteiger partial charge on any atom is -0.456 e. The average molecular weight is 355 g/mol. The Morgan fingerprint density at radius 2 is 1.70 bits per heavy atom. The quantitative estimate of drug-likeness (QED) is 0.654. The highest BCUT2D eigenvalue weighted by molar-refractivity contribution is 6.18. The van der Waals surface area contributed by atoms with Crippen molar-refractivity contribution < 1.29 is 9.21 Å². The van der Waals surface area contributed by atoms with E-state index in [1.54, 1.807) is 30.5 Å². The van der Waals surface area contributed by atoms with Crippen LogP contribution in [0.15, 0.2) is 47.0 Å². The van der Waals surface area contributed by atoms with Crippen LogP contribution in [0.5, 0.6) is 0 Å². The van der Waals surface area contributed by atoms with Gasteiger partial charge in [0.15, 0.2) is 5.78 Å². The van der Waals surface area contributed by atoms with Crippen molar-refractivity contribution in [3.8, 4) is 12.1 Å². The molecule has 0 amide bonds. The van der Waals surface area contributed by atoms with Gasteiger partial charge in [-0.25, -0.2) is 0 Å².